The maximum absolute atomic E-state index is 11.2. The Morgan fingerprint density at radius 3 is 2.29 bits per heavy atom. The molecule has 0 aliphatic rings. The minimum Gasteiger partial charge on any atom is -0.510 e. The van der Waals surface area contributed by atoms with Gasteiger partial charge in [0.15, 0.2) is 11.5 Å². The molecule has 1 N–H and O–H groups in total. The lowest BCUT2D eigenvalue weighted by atomic mass is 10.3. The van der Waals surface area contributed by atoms with E-state index in [0.29, 0.717) is 5.69 Å². The zero-order chi connectivity index (χ0) is 13.2. The Bertz CT molecular complexity index is 508. The second-order valence-corrected chi connectivity index (χ2v) is 3.83. The summed E-state index contributed by atoms with van der Waals surface area (Å²) in [7, 11) is 1.81. The van der Waals surface area contributed by atoms with E-state index >= 15 is 0 Å². The molecule has 1 heterocycles. The van der Waals surface area contributed by atoms with Gasteiger partial charge in [0.05, 0.1) is 11.4 Å². The van der Waals surface area contributed by atoms with Crippen LogP contribution in [-0.2, 0) is 11.8 Å². The summed E-state index contributed by atoms with van der Waals surface area (Å²) in [5.74, 6) is -0.464. The van der Waals surface area contributed by atoms with Crippen molar-refractivity contribution in [1.82, 2.24) is 9.78 Å². The predicted octanol–water partition coefficient (Wildman–Crippen LogP) is 2.50. The van der Waals surface area contributed by atoms with Crippen LogP contribution in [0.5, 0.6) is 0 Å². The van der Waals surface area contributed by atoms with Crippen LogP contribution in [-0.4, -0.2) is 20.7 Å². The van der Waals surface area contributed by atoms with Crippen molar-refractivity contribution in [1.29, 1.82) is 0 Å². The molecule has 0 bridgehead atoms. The highest BCUT2D eigenvalue weighted by molar-refractivity contribution is 5.93. The number of rotatable bonds is 3. The topological polar surface area (TPSA) is 79.8 Å². The summed E-state index contributed by atoms with van der Waals surface area (Å²) in [6.07, 6.45) is 0. The molecule has 6 heteroatoms. The molecular formula is C11H16N4O2. The third-order valence-corrected chi connectivity index (χ3v) is 2.40. The van der Waals surface area contributed by atoms with Crippen molar-refractivity contribution in [3.63, 3.8) is 0 Å². The fourth-order valence-corrected chi connectivity index (χ4v) is 1.40. The molecule has 0 aromatic carbocycles. The summed E-state index contributed by atoms with van der Waals surface area (Å²) in [6.45, 7) is 6.40. The van der Waals surface area contributed by atoms with Gasteiger partial charge in [-0.05, 0) is 20.8 Å². The van der Waals surface area contributed by atoms with Crippen LogP contribution >= 0.6 is 0 Å². The number of hydrogen-bond acceptors (Lipinski definition) is 5. The first kappa shape index (κ1) is 13.1. The standard InChI is InChI=1S/C11H16N4O2/c1-6-10(7(2)15(5)14-6)12-13-11(8(3)16)9(4)17/h16H,1-5H3/b11-8-,13-12?. The molecule has 0 saturated heterocycles. The Hall–Kier alpha value is -1.98. The lowest BCUT2D eigenvalue weighted by Gasteiger charge is -1.97. The lowest BCUT2D eigenvalue weighted by Crippen LogP contribution is -1.96. The summed E-state index contributed by atoms with van der Waals surface area (Å²) in [4.78, 5) is 11.2. The molecular weight excluding hydrogens is 220 g/mol. The van der Waals surface area contributed by atoms with Crippen molar-refractivity contribution in [3.05, 3.63) is 22.8 Å². The van der Waals surface area contributed by atoms with Crippen molar-refractivity contribution in [2.75, 3.05) is 0 Å². The van der Waals surface area contributed by atoms with E-state index in [1.165, 1.54) is 13.8 Å². The number of aryl methyl sites for hydroxylation is 2. The van der Waals surface area contributed by atoms with Gasteiger partial charge in [-0.2, -0.15) is 5.10 Å². The minimum atomic E-state index is -0.326. The summed E-state index contributed by atoms with van der Waals surface area (Å²) < 4.78 is 1.69. The van der Waals surface area contributed by atoms with Crippen LogP contribution < -0.4 is 0 Å². The maximum atomic E-state index is 11.2. The first-order chi connectivity index (χ1) is 7.84. The van der Waals surface area contributed by atoms with Gasteiger partial charge in [0.25, 0.3) is 0 Å². The van der Waals surface area contributed by atoms with E-state index in [0.717, 1.165) is 11.4 Å². The monoisotopic (exact) mass is 236 g/mol. The summed E-state index contributed by atoms with van der Waals surface area (Å²) in [5.41, 5.74) is 2.16. The number of aliphatic hydroxyl groups excluding tert-OH is 1. The average molecular weight is 236 g/mol. The fourth-order valence-electron chi connectivity index (χ4n) is 1.40. The number of nitrogens with zero attached hydrogens (tertiary/aromatic N) is 4. The van der Waals surface area contributed by atoms with Gasteiger partial charge in [-0.1, -0.05) is 0 Å². The lowest BCUT2D eigenvalue weighted by molar-refractivity contribution is -0.113. The number of carbonyl (C=O) groups is 1. The molecule has 17 heavy (non-hydrogen) atoms. The van der Waals surface area contributed by atoms with Gasteiger partial charge in [-0.3, -0.25) is 9.48 Å². The van der Waals surface area contributed by atoms with Crippen LogP contribution in [0.2, 0.25) is 0 Å². The van der Waals surface area contributed by atoms with E-state index < -0.39 is 0 Å². The molecule has 1 aromatic heterocycles. The zero-order valence-electron chi connectivity index (χ0n) is 10.6. The number of aromatic nitrogens is 2. The van der Waals surface area contributed by atoms with Gasteiger partial charge < -0.3 is 5.11 Å². The minimum absolute atomic E-state index is 0.0346. The first-order valence-electron chi connectivity index (χ1n) is 5.17. The molecule has 0 atom stereocenters. The third kappa shape index (κ3) is 2.77. The Kier molecular flexibility index (Phi) is 3.77. The molecule has 0 radical (unpaired) electrons. The smallest absolute Gasteiger partial charge is 0.183 e. The Labute approximate surface area is 99.7 Å². The van der Waals surface area contributed by atoms with Crippen molar-refractivity contribution in [2.24, 2.45) is 17.3 Å². The highest BCUT2D eigenvalue weighted by atomic mass is 16.3. The number of ketones is 1. The van der Waals surface area contributed by atoms with E-state index in [4.69, 9.17) is 0 Å². The molecule has 1 aromatic rings. The summed E-state index contributed by atoms with van der Waals surface area (Å²) >= 11 is 0. The number of azo groups is 1. The van der Waals surface area contributed by atoms with E-state index in [9.17, 15) is 9.90 Å². The second kappa shape index (κ2) is 4.90. The average Bonchev–Trinajstić information content (AvgIpc) is 2.43. The second-order valence-electron chi connectivity index (χ2n) is 3.83. The number of allylic oxidation sites excluding steroid dienone is 2. The molecule has 0 fully saturated rings. The van der Waals surface area contributed by atoms with Crippen LogP contribution in [0, 0.1) is 13.8 Å². The van der Waals surface area contributed by atoms with Gasteiger partial charge in [0, 0.05) is 14.0 Å². The highest BCUT2D eigenvalue weighted by Crippen LogP contribution is 2.23. The molecule has 0 aliphatic heterocycles. The van der Waals surface area contributed by atoms with E-state index in [2.05, 4.69) is 15.3 Å². The molecule has 0 spiro atoms. The number of aliphatic hydroxyl groups is 1. The van der Waals surface area contributed by atoms with Gasteiger partial charge in [-0.15, -0.1) is 10.2 Å². The van der Waals surface area contributed by atoms with Crippen LogP contribution in [0.25, 0.3) is 0 Å². The van der Waals surface area contributed by atoms with Crippen LogP contribution in [0.3, 0.4) is 0 Å². The fraction of sp³-hybridized carbons (Fsp3) is 0.455. The van der Waals surface area contributed by atoms with E-state index in [1.807, 2.05) is 13.8 Å². The van der Waals surface area contributed by atoms with Gasteiger partial charge >= 0.3 is 0 Å². The van der Waals surface area contributed by atoms with Crippen molar-refractivity contribution in [2.45, 2.75) is 27.7 Å². The summed E-state index contributed by atoms with van der Waals surface area (Å²) in [6, 6.07) is 0. The van der Waals surface area contributed by atoms with E-state index in [-0.39, 0.29) is 17.2 Å². The Morgan fingerprint density at radius 2 is 1.94 bits per heavy atom. The highest BCUT2D eigenvalue weighted by Gasteiger charge is 2.10. The van der Waals surface area contributed by atoms with Crippen LogP contribution in [0.4, 0.5) is 5.69 Å². The number of hydrogen-bond donors (Lipinski definition) is 1. The first-order valence-corrected chi connectivity index (χ1v) is 5.17. The molecule has 1 rings (SSSR count). The quantitative estimate of drug-likeness (QED) is 0.497. The van der Waals surface area contributed by atoms with Crippen LogP contribution in [0.15, 0.2) is 21.7 Å². The predicted molar refractivity (Wildman–Crippen MR) is 63.2 cm³/mol. The van der Waals surface area contributed by atoms with Crippen LogP contribution in [0.1, 0.15) is 25.2 Å². The number of Topliss-reactive ketones (excluding diaryl/α,β-unsaturated/α-hetero) is 1. The van der Waals surface area contributed by atoms with Crippen molar-refractivity contribution < 1.29 is 9.90 Å². The summed E-state index contributed by atoms with van der Waals surface area (Å²) in [5, 5.41) is 21.2. The molecule has 0 unspecified atom stereocenters. The van der Waals surface area contributed by atoms with Gasteiger partial charge in [-0.25, -0.2) is 0 Å². The van der Waals surface area contributed by atoms with Crippen molar-refractivity contribution >= 4 is 11.5 Å². The molecule has 6 nitrogen and oxygen atoms in total. The normalized spacial score (nSPS) is 13.0. The molecule has 0 aliphatic carbocycles. The molecule has 0 amide bonds. The van der Waals surface area contributed by atoms with E-state index in [1.54, 1.807) is 11.7 Å². The Balaban J connectivity index is 3.14. The molecule has 0 saturated carbocycles. The Morgan fingerprint density at radius 1 is 1.35 bits per heavy atom. The maximum Gasteiger partial charge on any atom is 0.183 e. The SMILES string of the molecule is CC(=O)/C(N=Nc1c(C)nn(C)c1C)=C(\C)O. The molecule has 92 valence electrons. The van der Waals surface area contributed by atoms with Crippen molar-refractivity contribution in [3.8, 4) is 0 Å². The van der Waals surface area contributed by atoms with Gasteiger partial charge in [0.1, 0.15) is 11.4 Å². The zero-order valence-corrected chi connectivity index (χ0v) is 10.6. The third-order valence-electron chi connectivity index (χ3n) is 2.40. The van der Waals surface area contributed by atoms with Gasteiger partial charge in [0.2, 0.25) is 0 Å². The largest absolute Gasteiger partial charge is 0.510 e. The number of carbonyl (C=O) groups excluding carboxylic acids is 1.